The van der Waals surface area contributed by atoms with E-state index in [4.69, 9.17) is 12.2 Å². The normalized spacial score (nSPS) is 10.4. The highest BCUT2D eigenvalue weighted by Crippen LogP contribution is 2.12. The molecule has 0 aliphatic heterocycles. The molecule has 0 radical (unpaired) electrons. The van der Waals surface area contributed by atoms with Crippen molar-refractivity contribution in [1.82, 2.24) is 4.57 Å². The van der Waals surface area contributed by atoms with Crippen LogP contribution in [0.3, 0.4) is 0 Å². The molecule has 2 aromatic rings. The van der Waals surface area contributed by atoms with Crippen LogP contribution in [0.15, 0.2) is 41.2 Å². The number of nitrogens with zero attached hydrogens (tertiary/aromatic N) is 1. The first-order chi connectivity index (χ1) is 11.0. The third kappa shape index (κ3) is 4.42. The molecule has 122 valence electrons. The molecule has 5 heteroatoms. The summed E-state index contributed by atoms with van der Waals surface area (Å²) in [4.78, 5) is 12.6. The molecule has 1 aromatic heterocycles. The van der Waals surface area contributed by atoms with E-state index < -0.39 is 0 Å². The Bertz CT molecular complexity index is 738. The van der Waals surface area contributed by atoms with Gasteiger partial charge in [0.15, 0.2) is 5.11 Å². The minimum atomic E-state index is -0.0289. The van der Waals surface area contributed by atoms with Crippen molar-refractivity contribution in [2.24, 2.45) is 0 Å². The molecule has 4 nitrogen and oxygen atoms in total. The first-order valence-electron chi connectivity index (χ1n) is 7.87. The first-order valence-corrected chi connectivity index (χ1v) is 8.28. The van der Waals surface area contributed by atoms with E-state index >= 15 is 0 Å². The zero-order valence-corrected chi connectivity index (χ0v) is 14.7. The van der Waals surface area contributed by atoms with E-state index in [-0.39, 0.29) is 5.56 Å². The van der Waals surface area contributed by atoms with Gasteiger partial charge in [0.1, 0.15) is 5.69 Å². The molecule has 0 fully saturated rings. The lowest BCUT2D eigenvalue weighted by molar-refractivity contribution is 0.597. The Balaban J connectivity index is 2.21. The molecule has 0 spiro atoms. The summed E-state index contributed by atoms with van der Waals surface area (Å²) in [5.74, 6) is 0. The van der Waals surface area contributed by atoms with Crippen molar-refractivity contribution >= 4 is 28.7 Å². The Labute approximate surface area is 142 Å². The lowest BCUT2D eigenvalue weighted by Gasteiger charge is -2.16. The van der Waals surface area contributed by atoms with E-state index in [2.05, 4.69) is 17.6 Å². The fourth-order valence-electron chi connectivity index (χ4n) is 2.37. The van der Waals surface area contributed by atoms with Crippen molar-refractivity contribution < 1.29 is 0 Å². The molecule has 0 saturated heterocycles. The van der Waals surface area contributed by atoms with Gasteiger partial charge in [-0.3, -0.25) is 4.79 Å². The van der Waals surface area contributed by atoms with Crippen LogP contribution in [0, 0.1) is 13.8 Å². The molecular weight excluding hydrogens is 306 g/mol. The second-order valence-corrected chi connectivity index (χ2v) is 5.99. The summed E-state index contributed by atoms with van der Waals surface area (Å²) in [5.41, 5.74) is 3.46. The number of aromatic nitrogens is 1. The van der Waals surface area contributed by atoms with Crippen LogP contribution >= 0.6 is 12.2 Å². The Kier molecular flexibility index (Phi) is 5.93. The van der Waals surface area contributed by atoms with Crippen LogP contribution in [0.2, 0.25) is 0 Å². The van der Waals surface area contributed by atoms with E-state index in [1.165, 1.54) is 0 Å². The molecule has 0 aliphatic rings. The first kappa shape index (κ1) is 17.2. The van der Waals surface area contributed by atoms with Gasteiger partial charge in [-0.1, -0.05) is 31.5 Å². The number of pyridine rings is 1. The second-order valence-electron chi connectivity index (χ2n) is 5.58. The fraction of sp³-hybridized carbons (Fsp3) is 0.333. The molecule has 0 aliphatic carbocycles. The summed E-state index contributed by atoms with van der Waals surface area (Å²) in [6.45, 7) is 6.84. The maximum atomic E-state index is 12.6. The molecule has 0 amide bonds. The maximum absolute atomic E-state index is 12.6. The Morgan fingerprint density at radius 2 is 1.87 bits per heavy atom. The molecule has 2 rings (SSSR count). The van der Waals surface area contributed by atoms with E-state index in [1.807, 2.05) is 54.8 Å². The van der Waals surface area contributed by atoms with Crippen LogP contribution in [0.1, 0.15) is 31.0 Å². The maximum Gasteiger partial charge on any atom is 0.274 e. The highest BCUT2D eigenvalue weighted by atomic mass is 32.1. The molecule has 1 heterocycles. The van der Waals surface area contributed by atoms with Crippen molar-refractivity contribution in [1.29, 1.82) is 0 Å². The number of anilines is 2. The predicted octanol–water partition coefficient (Wildman–Crippen LogP) is 4.07. The van der Waals surface area contributed by atoms with E-state index in [0.29, 0.717) is 10.8 Å². The monoisotopic (exact) mass is 329 g/mol. The third-order valence-corrected chi connectivity index (χ3v) is 4.03. The highest BCUT2D eigenvalue weighted by Gasteiger charge is 2.10. The van der Waals surface area contributed by atoms with Gasteiger partial charge in [-0.05, 0) is 56.2 Å². The van der Waals surface area contributed by atoms with Gasteiger partial charge >= 0.3 is 0 Å². The van der Waals surface area contributed by atoms with Gasteiger partial charge in [0.25, 0.3) is 5.56 Å². The lowest BCUT2D eigenvalue weighted by atomic mass is 10.2. The highest BCUT2D eigenvalue weighted by molar-refractivity contribution is 7.80. The number of hydrogen-bond acceptors (Lipinski definition) is 2. The topological polar surface area (TPSA) is 46.1 Å². The van der Waals surface area contributed by atoms with Gasteiger partial charge in [-0.15, -0.1) is 0 Å². The zero-order chi connectivity index (χ0) is 16.8. The van der Waals surface area contributed by atoms with Crippen LogP contribution in [-0.4, -0.2) is 9.68 Å². The Morgan fingerprint density at radius 3 is 2.52 bits per heavy atom. The van der Waals surface area contributed by atoms with Gasteiger partial charge in [0.2, 0.25) is 0 Å². The Hall–Kier alpha value is -2.14. The number of benzene rings is 1. The summed E-state index contributed by atoms with van der Waals surface area (Å²) in [7, 11) is 0. The molecule has 0 bridgehead atoms. The zero-order valence-electron chi connectivity index (χ0n) is 13.8. The van der Waals surface area contributed by atoms with Crippen molar-refractivity contribution in [3.63, 3.8) is 0 Å². The average Bonchev–Trinajstić information content (AvgIpc) is 2.53. The van der Waals surface area contributed by atoms with Crippen molar-refractivity contribution in [2.45, 2.75) is 40.2 Å². The summed E-state index contributed by atoms with van der Waals surface area (Å²) in [5, 5.41) is 6.53. The number of unbranched alkanes of at least 4 members (excludes halogenated alkanes) is 1. The quantitative estimate of drug-likeness (QED) is 0.812. The molecule has 23 heavy (non-hydrogen) atoms. The van der Waals surface area contributed by atoms with Crippen molar-refractivity contribution in [3.05, 3.63) is 58.0 Å². The van der Waals surface area contributed by atoms with E-state index in [0.717, 1.165) is 36.3 Å². The molecule has 0 unspecified atom stereocenters. The molecule has 2 N–H and O–H groups in total. The number of thiocarbonyl (C=S) groups is 1. The third-order valence-electron chi connectivity index (χ3n) is 3.83. The summed E-state index contributed by atoms with van der Waals surface area (Å²) < 4.78 is 1.83. The van der Waals surface area contributed by atoms with E-state index in [9.17, 15) is 4.79 Å². The second kappa shape index (κ2) is 7.92. The number of aryl methyl sites for hydroxylation is 1. The van der Waals surface area contributed by atoms with Crippen LogP contribution in [0.25, 0.3) is 0 Å². The minimum Gasteiger partial charge on any atom is -0.332 e. The van der Waals surface area contributed by atoms with Gasteiger partial charge in [-0.2, -0.15) is 0 Å². The minimum absolute atomic E-state index is 0.0289. The largest absolute Gasteiger partial charge is 0.332 e. The summed E-state index contributed by atoms with van der Waals surface area (Å²) in [6.07, 6.45) is 2.03. The summed E-state index contributed by atoms with van der Waals surface area (Å²) in [6, 6.07) is 11.5. The lowest BCUT2D eigenvalue weighted by Crippen LogP contribution is -2.30. The molecular formula is C18H23N3OS. The average molecular weight is 329 g/mol. The van der Waals surface area contributed by atoms with Crippen LogP contribution in [0.4, 0.5) is 11.4 Å². The number of hydrogen-bond donors (Lipinski definition) is 2. The fourth-order valence-corrected chi connectivity index (χ4v) is 2.60. The SMILES string of the molecule is CCCCn1c(C)c(C)cc(NC(=S)Nc2ccccc2)c1=O. The van der Waals surface area contributed by atoms with Crippen LogP contribution in [0.5, 0.6) is 0 Å². The van der Waals surface area contributed by atoms with Gasteiger partial charge in [-0.25, -0.2) is 0 Å². The van der Waals surface area contributed by atoms with Crippen LogP contribution < -0.4 is 16.2 Å². The van der Waals surface area contributed by atoms with Crippen molar-refractivity contribution in [2.75, 3.05) is 10.6 Å². The number of para-hydroxylation sites is 1. The van der Waals surface area contributed by atoms with E-state index in [1.54, 1.807) is 0 Å². The van der Waals surface area contributed by atoms with Crippen LogP contribution in [-0.2, 0) is 6.54 Å². The van der Waals surface area contributed by atoms with Gasteiger partial charge < -0.3 is 15.2 Å². The Morgan fingerprint density at radius 1 is 1.17 bits per heavy atom. The molecule has 0 atom stereocenters. The standard InChI is InChI=1S/C18H23N3OS/c1-4-5-11-21-14(3)13(2)12-16(17(21)22)20-18(23)19-15-9-7-6-8-10-15/h6-10,12H,4-5,11H2,1-3H3,(H2,19,20,23). The smallest absolute Gasteiger partial charge is 0.274 e. The molecule has 1 aromatic carbocycles. The number of rotatable bonds is 5. The summed E-state index contributed by atoms with van der Waals surface area (Å²) >= 11 is 5.31. The van der Waals surface area contributed by atoms with Gasteiger partial charge in [0, 0.05) is 17.9 Å². The van der Waals surface area contributed by atoms with Gasteiger partial charge in [0.05, 0.1) is 0 Å². The number of nitrogens with one attached hydrogen (secondary N) is 2. The molecule has 0 saturated carbocycles. The van der Waals surface area contributed by atoms with Crippen molar-refractivity contribution in [3.8, 4) is 0 Å². The predicted molar refractivity (Wildman–Crippen MR) is 101 cm³/mol.